The number of benzene rings is 4. The normalized spacial score (nSPS) is 27.9. The van der Waals surface area contributed by atoms with Gasteiger partial charge in [-0.1, -0.05) is 105 Å². The number of aliphatic hydroxyl groups is 2. The molecule has 0 radical (unpaired) electrons. The highest BCUT2D eigenvalue weighted by Gasteiger charge is 2.59. The highest BCUT2D eigenvalue weighted by atomic mass is 16.5. The van der Waals surface area contributed by atoms with Crippen molar-refractivity contribution in [1.82, 2.24) is 4.90 Å². The van der Waals surface area contributed by atoms with Crippen LogP contribution in [0.4, 0.5) is 0 Å². The molecule has 4 fully saturated rings. The van der Waals surface area contributed by atoms with Crippen molar-refractivity contribution in [3.63, 3.8) is 0 Å². The lowest BCUT2D eigenvalue weighted by Gasteiger charge is -2.61. The van der Waals surface area contributed by atoms with Gasteiger partial charge in [0, 0.05) is 29.6 Å². The summed E-state index contributed by atoms with van der Waals surface area (Å²) in [5.41, 5.74) is 5.40. The summed E-state index contributed by atoms with van der Waals surface area (Å²) in [7, 11) is 3.22. The van der Waals surface area contributed by atoms with E-state index in [-0.39, 0.29) is 36.0 Å². The van der Waals surface area contributed by atoms with Crippen molar-refractivity contribution in [2.75, 3.05) is 27.3 Å². The standard InChI is InChI=1S/C55H67NO6/c1-36-13-12-27-54(4)47(44-24-19-37(29-42(57)23-18-36)30-46(44)52(59)45-17-11-10-16-43(45)39-14-8-7-9-15-39)26-28-55(54,60)35-56(34-40-21-22-41-33-48(40)53(41,2)3)51(58)32-38-20-25-49(61-5)50(31-38)62-6/h7-11,13-17,19-20,24-25,30-31,40-42,47-48,57,60H,12,18,21-23,26-29,32-35H2,1-6H3/t40-,41-,42-,47-,48-,54-,55+/m0/s1. The lowest BCUT2D eigenvalue weighted by molar-refractivity contribution is -0.149. The van der Waals surface area contributed by atoms with Crippen LogP contribution in [0.1, 0.15) is 124 Å². The van der Waals surface area contributed by atoms with E-state index in [1.807, 2.05) is 83.8 Å². The molecule has 7 nitrogen and oxygen atoms in total. The van der Waals surface area contributed by atoms with E-state index in [1.54, 1.807) is 14.2 Å². The van der Waals surface area contributed by atoms with E-state index < -0.39 is 17.1 Å². The zero-order chi connectivity index (χ0) is 43.8. The largest absolute Gasteiger partial charge is 0.493 e. The third kappa shape index (κ3) is 8.40. The SMILES string of the molecule is COc1ccc(CC(=O)N(C[C@@H]2CC[C@H]3C[C@@H]2C3(C)C)C[C@]2(O)CC[C@H]3c4ccc(cc4C(=O)c4ccccc4-c4ccccc4)C[C@@H](O)CCC(C)=CCC[C@@]32C)cc1OC. The number of amides is 1. The maximum Gasteiger partial charge on any atom is 0.227 e. The molecule has 0 spiro atoms. The molecule has 0 aromatic heterocycles. The minimum Gasteiger partial charge on any atom is -0.493 e. The van der Waals surface area contributed by atoms with Crippen LogP contribution in [-0.2, 0) is 17.6 Å². The van der Waals surface area contributed by atoms with Gasteiger partial charge in [0.05, 0.1) is 32.3 Å². The first kappa shape index (κ1) is 43.9. The molecule has 328 valence electrons. The number of nitrogens with zero attached hydrogens (tertiary/aromatic N) is 1. The maximum absolute atomic E-state index is 15.2. The number of methoxy groups -OCH3 is 2. The molecule has 6 aliphatic carbocycles. The molecule has 7 heteroatoms. The molecule has 7 atom stereocenters. The van der Waals surface area contributed by atoms with Gasteiger partial charge in [-0.2, -0.15) is 0 Å². The van der Waals surface area contributed by atoms with Gasteiger partial charge < -0.3 is 24.6 Å². The van der Waals surface area contributed by atoms with Crippen LogP contribution >= 0.6 is 0 Å². The minimum absolute atomic E-state index is 0.00452. The Bertz CT molecular complexity index is 2300. The molecular weight excluding hydrogens is 771 g/mol. The van der Waals surface area contributed by atoms with E-state index in [1.165, 1.54) is 18.4 Å². The Labute approximate surface area is 369 Å². The predicted octanol–water partition coefficient (Wildman–Crippen LogP) is 10.8. The average Bonchev–Trinajstić information content (AvgIpc) is 3.53. The topological polar surface area (TPSA) is 96.3 Å². The quantitative estimate of drug-likeness (QED) is 0.115. The summed E-state index contributed by atoms with van der Waals surface area (Å²) < 4.78 is 11.1. The fourth-order valence-corrected chi connectivity index (χ4v) is 12.2. The van der Waals surface area contributed by atoms with E-state index in [4.69, 9.17) is 9.47 Å². The van der Waals surface area contributed by atoms with Crippen LogP contribution in [-0.4, -0.2) is 65.8 Å². The molecule has 6 aliphatic rings. The summed E-state index contributed by atoms with van der Waals surface area (Å²) >= 11 is 0. The molecule has 10 rings (SSSR count). The highest BCUT2D eigenvalue weighted by molar-refractivity contribution is 6.13. The van der Waals surface area contributed by atoms with Crippen molar-refractivity contribution in [1.29, 1.82) is 0 Å². The van der Waals surface area contributed by atoms with Crippen LogP contribution in [0, 0.1) is 28.6 Å². The Morgan fingerprint density at radius 1 is 0.823 bits per heavy atom. The summed E-state index contributed by atoms with van der Waals surface area (Å²) in [5, 5.41) is 24.7. The Morgan fingerprint density at radius 2 is 1.58 bits per heavy atom. The number of allylic oxidation sites excluding steroid dienone is 2. The molecule has 62 heavy (non-hydrogen) atoms. The van der Waals surface area contributed by atoms with Crippen LogP contribution in [0.25, 0.3) is 11.1 Å². The van der Waals surface area contributed by atoms with Gasteiger partial charge >= 0.3 is 0 Å². The number of aliphatic hydroxyl groups excluding tert-OH is 1. The molecule has 0 heterocycles. The Balaban J connectivity index is 1.19. The number of carbonyl (C=O) groups excluding carboxylic acids is 2. The number of rotatable bonds is 11. The minimum atomic E-state index is -1.23. The second-order valence-electron chi connectivity index (χ2n) is 20.0. The van der Waals surface area contributed by atoms with Crippen LogP contribution in [0.5, 0.6) is 11.5 Å². The molecule has 0 saturated heterocycles. The van der Waals surface area contributed by atoms with E-state index in [2.05, 4.69) is 45.9 Å². The molecule has 4 bridgehead atoms. The Hall–Kier alpha value is -4.72. The van der Waals surface area contributed by atoms with Gasteiger partial charge in [-0.25, -0.2) is 0 Å². The first-order valence-corrected chi connectivity index (χ1v) is 23.1. The van der Waals surface area contributed by atoms with E-state index >= 15 is 4.79 Å². The van der Waals surface area contributed by atoms with Gasteiger partial charge in [0.15, 0.2) is 17.3 Å². The maximum atomic E-state index is 15.2. The Kier molecular flexibility index (Phi) is 12.6. The number of hydrogen-bond acceptors (Lipinski definition) is 6. The fraction of sp³-hybridized carbons (Fsp3) is 0.491. The summed E-state index contributed by atoms with van der Waals surface area (Å²) in [6.45, 7) is 10.0. The lowest BCUT2D eigenvalue weighted by Crippen LogP contribution is -2.58. The third-order valence-corrected chi connectivity index (χ3v) is 16.2. The van der Waals surface area contributed by atoms with Gasteiger partial charge in [0.2, 0.25) is 5.91 Å². The monoisotopic (exact) mass is 837 g/mol. The molecule has 1 amide bonds. The van der Waals surface area contributed by atoms with Crippen LogP contribution in [0.2, 0.25) is 0 Å². The Morgan fingerprint density at radius 3 is 2.32 bits per heavy atom. The van der Waals surface area contributed by atoms with Crippen molar-refractivity contribution in [2.24, 2.45) is 28.6 Å². The molecule has 0 aliphatic heterocycles. The first-order chi connectivity index (χ1) is 29.7. The van der Waals surface area contributed by atoms with Crippen molar-refractivity contribution >= 4 is 11.7 Å². The van der Waals surface area contributed by atoms with Crippen molar-refractivity contribution in [2.45, 2.75) is 116 Å². The molecule has 2 N–H and O–H groups in total. The van der Waals surface area contributed by atoms with Crippen LogP contribution in [0.3, 0.4) is 0 Å². The van der Waals surface area contributed by atoms with Gasteiger partial charge in [-0.3, -0.25) is 9.59 Å². The van der Waals surface area contributed by atoms with Gasteiger partial charge in [-0.15, -0.1) is 0 Å². The van der Waals surface area contributed by atoms with Gasteiger partial charge in [-0.05, 0) is 146 Å². The molecule has 4 aromatic carbocycles. The molecule has 4 aromatic rings. The fourth-order valence-electron chi connectivity index (χ4n) is 12.2. The zero-order valence-electron chi connectivity index (χ0n) is 37.8. The number of ether oxygens (including phenoxy) is 2. The number of fused-ring (bicyclic) bond motifs is 10. The second kappa shape index (κ2) is 17.8. The average molecular weight is 838 g/mol. The number of hydrogen-bond donors (Lipinski definition) is 2. The summed E-state index contributed by atoms with van der Waals surface area (Å²) in [6, 6.07) is 29.8. The van der Waals surface area contributed by atoms with Crippen LogP contribution < -0.4 is 9.47 Å². The summed E-state index contributed by atoms with van der Waals surface area (Å²) in [5.74, 6) is 2.65. The van der Waals surface area contributed by atoms with Gasteiger partial charge in [0.25, 0.3) is 0 Å². The molecular formula is C55H67NO6. The summed E-state index contributed by atoms with van der Waals surface area (Å²) in [4.78, 5) is 32.1. The first-order valence-electron chi connectivity index (χ1n) is 23.1. The number of carbonyl (C=O) groups is 2. The lowest BCUT2D eigenvalue weighted by atomic mass is 9.45. The van der Waals surface area contributed by atoms with Gasteiger partial charge in [0.1, 0.15) is 0 Å². The smallest absolute Gasteiger partial charge is 0.227 e. The second-order valence-corrected chi connectivity index (χ2v) is 20.0. The highest BCUT2D eigenvalue weighted by Crippen LogP contribution is 2.62. The zero-order valence-corrected chi connectivity index (χ0v) is 37.8. The van der Waals surface area contributed by atoms with E-state index in [0.29, 0.717) is 73.1 Å². The van der Waals surface area contributed by atoms with Crippen LogP contribution in [0.15, 0.2) is 103 Å². The molecule has 4 saturated carbocycles. The van der Waals surface area contributed by atoms with Crippen molar-refractivity contribution in [3.8, 4) is 22.6 Å². The van der Waals surface area contributed by atoms with E-state index in [0.717, 1.165) is 53.0 Å². The van der Waals surface area contributed by atoms with Crippen molar-refractivity contribution in [3.05, 3.63) is 130 Å². The molecule has 0 unspecified atom stereocenters. The predicted molar refractivity (Wildman–Crippen MR) is 247 cm³/mol. The summed E-state index contributed by atoms with van der Waals surface area (Å²) in [6.07, 6.45) is 9.90. The van der Waals surface area contributed by atoms with Crippen molar-refractivity contribution < 1.29 is 29.3 Å². The third-order valence-electron chi connectivity index (χ3n) is 16.2. The number of ketones is 1. The van der Waals surface area contributed by atoms with E-state index in [9.17, 15) is 15.0 Å².